The van der Waals surface area contributed by atoms with E-state index in [1.165, 1.54) is 38.0 Å². The lowest BCUT2D eigenvalue weighted by atomic mass is 10.1. The van der Waals surface area contributed by atoms with E-state index in [9.17, 15) is 0 Å². The molecule has 1 aliphatic heterocycles. The highest BCUT2D eigenvalue weighted by Crippen LogP contribution is 2.15. The van der Waals surface area contributed by atoms with Crippen molar-refractivity contribution in [3.63, 3.8) is 0 Å². The Hall–Kier alpha value is -0.340. The third kappa shape index (κ3) is 6.83. The normalized spacial score (nSPS) is 19.0. The summed E-state index contributed by atoms with van der Waals surface area (Å²) in [4.78, 5) is 7.23. The van der Waals surface area contributed by atoms with Gasteiger partial charge in [0, 0.05) is 19.6 Å². The number of nitrogens with zero attached hydrogens (tertiary/aromatic N) is 2. The maximum absolute atomic E-state index is 4.66. The summed E-state index contributed by atoms with van der Waals surface area (Å²) >= 11 is 1.73. The van der Waals surface area contributed by atoms with E-state index in [-0.39, 0.29) is 24.0 Å². The highest BCUT2D eigenvalue weighted by atomic mass is 127. The molecule has 0 bridgehead atoms. The molecule has 126 valence electrons. The molecule has 22 heavy (non-hydrogen) atoms. The Morgan fingerprint density at radius 3 is 2.95 bits per heavy atom. The van der Waals surface area contributed by atoms with Crippen LogP contribution in [0.3, 0.4) is 0 Å². The summed E-state index contributed by atoms with van der Waals surface area (Å²) in [5.41, 5.74) is 1.28. The van der Waals surface area contributed by atoms with E-state index in [1.54, 1.807) is 11.3 Å². The van der Waals surface area contributed by atoms with Crippen molar-refractivity contribution in [3.8, 4) is 0 Å². The number of hydrogen-bond acceptors (Lipinski definition) is 3. The van der Waals surface area contributed by atoms with Crippen molar-refractivity contribution in [2.45, 2.75) is 33.2 Å². The van der Waals surface area contributed by atoms with Crippen molar-refractivity contribution in [3.05, 3.63) is 22.4 Å². The molecule has 1 saturated heterocycles. The molecular formula is C16H29IN4S. The van der Waals surface area contributed by atoms with Gasteiger partial charge in [-0.1, -0.05) is 6.92 Å². The van der Waals surface area contributed by atoms with Crippen LogP contribution in [-0.4, -0.2) is 43.6 Å². The van der Waals surface area contributed by atoms with Gasteiger partial charge in [-0.05, 0) is 61.2 Å². The molecule has 2 rings (SSSR count). The SMILES string of the molecule is CCCN1CCC(CNC(=NCc2ccsc2)NCC)C1.I. The predicted molar refractivity (Wildman–Crippen MR) is 107 cm³/mol. The second-order valence-electron chi connectivity index (χ2n) is 5.66. The van der Waals surface area contributed by atoms with Gasteiger partial charge in [0.15, 0.2) is 5.96 Å². The number of thiophene rings is 1. The number of guanidine groups is 1. The molecule has 0 radical (unpaired) electrons. The summed E-state index contributed by atoms with van der Waals surface area (Å²) in [7, 11) is 0. The highest BCUT2D eigenvalue weighted by molar-refractivity contribution is 14.0. The lowest BCUT2D eigenvalue weighted by Crippen LogP contribution is -2.40. The smallest absolute Gasteiger partial charge is 0.191 e. The topological polar surface area (TPSA) is 39.7 Å². The fraction of sp³-hybridized carbons (Fsp3) is 0.688. The number of hydrogen-bond donors (Lipinski definition) is 2. The van der Waals surface area contributed by atoms with E-state index in [2.05, 4.69) is 51.2 Å². The van der Waals surface area contributed by atoms with Crippen molar-refractivity contribution in [2.24, 2.45) is 10.9 Å². The van der Waals surface area contributed by atoms with Crippen LogP contribution in [0.25, 0.3) is 0 Å². The van der Waals surface area contributed by atoms with Crippen LogP contribution in [0.15, 0.2) is 21.8 Å². The Bertz CT molecular complexity index is 422. The van der Waals surface area contributed by atoms with Crippen LogP contribution in [-0.2, 0) is 6.54 Å². The molecule has 1 fully saturated rings. The molecule has 1 aromatic rings. The van der Waals surface area contributed by atoms with Gasteiger partial charge in [-0.25, -0.2) is 4.99 Å². The van der Waals surface area contributed by atoms with Gasteiger partial charge in [-0.3, -0.25) is 0 Å². The van der Waals surface area contributed by atoms with Crippen molar-refractivity contribution in [1.82, 2.24) is 15.5 Å². The van der Waals surface area contributed by atoms with E-state index in [4.69, 9.17) is 0 Å². The molecular weight excluding hydrogens is 407 g/mol. The predicted octanol–water partition coefficient (Wildman–Crippen LogP) is 3.15. The number of aliphatic imine (C=N–C) groups is 1. The Morgan fingerprint density at radius 2 is 2.27 bits per heavy atom. The monoisotopic (exact) mass is 436 g/mol. The van der Waals surface area contributed by atoms with Crippen LogP contribution in [0.5, 0.6) is 0 Å². The number of likely N-dealkylation sites (tertiary alicyclic amines) is 1. The lowest BCUT2D eigenvalue weighted by molar-refractivity contribution is 0.324. The molecule has 0 saturated carbocycles. The first kappa shape index (κ1) is 19.7. The van der Waals surface area contributed by atoms with Crippen molar-refractivity contribution in [2.75, 3.05) is 32.7 Å². The molecule has 0 amide bonds. The Balaban J connectivity index is 0.00000242. The molecule has 2 heterocycles. The van der Waals surface area contributed by atoms with Gasteiger partial charge < -0.3 is 15.5 Å². The zero-order valence-electron chi connectivity index (χ0n) is 13.7. The molecule has 2 N–H and O–H groups in total. The molecule has 0 spiro atoms. The van der Waals surface area contributed by atoms with E-state index in [1.807, 2.05) is 0 Å². The quantitative estimate of drug-likeness (QED) is 0.392. The molecule has 6 heteroatoms. The third-order valence-electron chi connectivity index (χ3n) is 3.81. The number of halogens is 1. The van der Waals surface area contributed by atoms with Crippen LogP contribution in [0.4, 0.5) is 0 Å². The van der Waals surface area contributed by atoms with Gasteiger partial charge >= 0.3 is 0 Å². The fourth-order valence-electron chi connectivity index (χ4n) is 2.73. The first-order chi connectivity index (χ1) is 10.3. The molecule has 1 unspecified atom stereocenters. The number of nitrogens with one attached hydrogen (secondary N) is 2. The van der Waals surface area contributed by atoms with E-state index in [0.29, 0.717) is 0 Å². The molecule has 0 aromatic carbocycles. The van der Waals surface area contributed by atoms with Crippen molar-refractivity contribution < 1.29 is 0 Å². The average molecular weight is 436 g/mol. The molecule has 1 aromatic heterocycles. The Kier molecular flexibility index (Phi) is 10.1. The van der Waals surface area contributed by atoms with Crippen LogP contribution in [0.2, 0.25) is 0 Å². The summed E-state index contributed by atoms with van der Waals surface area (Å²) in [5.74, 6) is 1.69. The van der Waals surface area contributed by atoms with Crippen LogP contribution in [0, 0.1) is 5.92 Å². The largest absolute Gasteiger partial charge is 0.357 e. The van der Waals surface area contributed by atoms with Crippen LogP contribution >= 0.6 is 35.3 Å². The van der Waals surface area contributed by atoms with Gasteiger partial charge in [-0.2, -0.15) is 11.3 Å². The zero-order chi connectivity index (χ0) is 14.9. The lowest BCUT2D eigenvalue weighted by Gasteiger charge is -2.16. The van der Waals surface area contributed by atoms with Crippen LogP contribution < -0.4 is 10.6 Å². The summed E-state index contributed by atoms with van der Waals surface area (Å²) in [5, 5.41) is 11.1. The minimum absolute atomic E-state index is 0. The number of rotatable bonds is 7. The first-order valence-electron chi connectivity index (χ1n) is 8.07. The van der Waals surface area contributed by atoms with Gasteiger partial charge in [0.1, 0.15) is 0 Å². The summed E-state index contributed by atoms with van der Waals surface area (Å²) in [6, 6.07) is 2.14. The third-order valence-corrected chi connectivity index (χ3v) is 4.54. The molecule has 0 aliphatic carbocycles. The molecule has 4 nitrogen and oxygen atoms in total. The summed E-state index contributed by atoms with van der Waals surface area (Å²) in [6.45, 7) is 10.8. The first-order valence-corrected chi connectivity index (χ1v) is 9.01. The Labute approximate surface area is 155 Å². The average Bonchev–Trinajstić information content (AvgIpc) is 3.14. The standard InChI is InChI=1S/C16H28N4S.HI/c1-3-7-20-8-5-14(12-20)10-18-16(17-4-2)19-11-15-6-9-21-13-15;/h6,9,13-14H,3-5,7-8,10-12H2,1-2H3,(H2,17,18,19);1H. The second kappa shape index (κ2) is 11.2. The van der Waals surface area contributed by atoms with E-state index in [0.717, 1.165) is 31.5 Å². The Morgan fingerprint density at radius 1 is 1.41 bits per heavy atom. The second-order valence-corrected chi connectivity index (χ2v) is 6.44. The maximum Gasteiger partial charge on any atom is 0.191 e. The molecule has 1 atom stereocenters. The fourth-order valence-corrected chi connectivity index (χ4v) is 3.39. The van der Waals surface area contributed by atoms with Gasteiger partial charge in [-0.15, -0.1) is 24.0 Å². The van der Waals surface area contributed by atoms with Gasteiger partial charge in [0.2, 0.25) is 0 Å². The minimum atomic E-state index is 0. The van der Waals surface area contributed by atoms with Crippen LogP contribution in [0.1, 0.15) is 32.3 Å². The summed E-state index contributed by atoms with van der Waals surface area (Å²) in [6.07, 6.45) is 2.56. The van der Waals surface area contributed by atoms with E-state index < -0.39 is 0 Å². The zero-order valence-corrected chi connectivity index (χ0v) is 16.8. The highest BCUT2D eigenvalue weighted by Gasteiger charge is 2.21. The summed E-state index contributed by atoms with van der Waals surface area (Å²) < 4.78 is 0. The molecule has 1 aliphatic rings. The van der Waals surface area contributed by atoms with Gasteiger partial charge in [0.25, 0.3) is 0 Å². The van der Waals surface area contributed by atoms with E-state index >= 15 is 0 Å². The van der Waals surface area contributed by atoms with Crippen molar-refractivity contribution in [1.29, 1.82) is 0 Å². The maximum atomic E-state index is 4.66. The minimum Gasteiger partial charge on any atom is -0.357 e. The van der Waals surface area contributed by atoms with Crippen molar-refractivity contribution >= 4 is 41.3 Å². The van der Waals surface area contributed by atoms with Gasteiger partial charge in [0.05, 0.1) is 6.54 Å².